The Balaban J connectivity index is 1.51. The van der Waals surface area contributed by atoms with Crippen molar-refractivity contribution in [2.75, 3.05) is 0 Å². The van der Waals surface area contributed by atoms with Crippen LogP contribution in [0.15, 0.2) is 48.5 Å². The molecule has 2 N–H and O–H groups in total. The van der Waals surface area contributed by atoms with Crippen LogP contribution in [0.2, 0.25) is 5.02 Å². The molecule has 0 saturated heterocycles. The second kappa shape index (κ2) is 9.44. The molecule has 1 saturated carbocycles. The first-order valence-electron chi connectivity index (χ1n) is 9.52. The minimum Gasteiger partial charge on any atom is -0.489 e. The van der Waals surface area contributed by atoms with Gasteiger partial charge in [0.15, 0.2) is 0 Å². The maximum absolute atomic E-state index is 12.4. The minimum absolute atomic E-state index is 0.352. The summed E-state index contributed by atoms with van der Waals surface area (Å²) in [6.45, 7) is 0.352. The van der Waals surface area contributed by atoms with Crippen LogP contribution in [0.4, 0.5) is 0 Å². The zero-order chi connectivity index (χ0) is 20.7. The number of hydrogen-bond acceptors (Lipinski definition) is 4. The van der Waals surface area contributed by atoms with Crippen LogP contribution in [0.1, 0.15) is 48.0 Å². The maximum Gasteiger partial charge on any atom is 0.269 e. The fourth-order valence-corrected chi connectivity index (χ4v) is 3.43. The molecule has 0 spiro atoms. The molecule has 3 rings (SSSR count). The highest BCUT2D eigenvalue weighted by atomic mass is 35.5. The van der Waals surface area contributed by atoms with E-state index in [1.807, 2.05) is 0 Å². The van der Waals surface area contributed by atoms with Crippen molar-refractivity contribution in [2.45, 2.75) is 38.7 Å². The normalized spacial score (nSPS) is 15.0. The van der Waals surface area contributed by atoms with Gasteiger partial charge in [0.1, 0.15) is 17.8 Å². The van der Waals surface area contributed by atoms with Crippen molar-refractivity contribution in [2.24, 2.45) is 5.41 Å². The fourth-order valence-electron chi connectivity index (χ4n) is 3.30. The van der Waals surface area contributed by atoms with Gasteiger partial charge < -0.3 is 4.74 Å². The Morgan fingerprint density at radius 1 is 1.00 bits per heavy atom. The zero-order valence-corrected chi connectivity index (χ0v) is 16.7. The Bertz CT molecular complexity index is 898. The van der Waals surface area contributed by atoms with Gasteiger partial charge in [0, 0.05) is 10.6 Å². The van der Waals surface area contributed by atoms with Crippen molar-refractivity contribution < 1.29 is 14.3 Å². The van der Waals surface area contributed by atoms with E-state index in [0.717, 1.165) is 24.8 Å². The van der Waals surface area contributed by atoms with Crippen LogP contribution in [0, 0.1) is 16.7 Å². The van der Waals surface area contributed by atoms with E-state index < -0.39 is 17.2 Å². The number of carbonyl (C=O) groups excluding carboxylic acids is 2. The average Bonchev–Trinajstić information content (AvgIpc) is 2.77. The van der Waals surface area contributed by atoms with Crippen molar-refractivity contribution in [3.8, 4) is 11.8 Å². The summed E-state index contributed by atoms with van der Waals surface area (Å²) in [5.74, 6) is -0.179. The third-order valence-corrected chi connectivity index (χ3v) is 5.33. The van der Waals surface area contributed by atoms with Crippen molar-refractivity contribution in [1.29, 1.82) is 5.26 Å². The number of ether oxygens (including phenoxy) is 1. The minimum atomic E-state index is -1.05. The highest BCUT2D eigenvalue weighted by Gasteiger charge is 2.40. The topological polar surface area (TPSA) is 91.2 Å². The molecule has 2 amide bonds. The molecule has 29 heavy (non-hydrogen) atoms. The SMILES string of the molecule is N#CC1(C(=O)NNC(=O)c2ccc(COc3ccc(Cl)cc3)cc2)CCCCC1. The van der Waals surface area contributed by atoms with Crippen LogP contribution >= 0.6 is 11.6 Å². The van der Waals surface area contributed by atoms with Crippen molar-refractivity contribution in [3.63, 3.8) is 0 Å². The predicted molar refractivity (Wildman–Crippen MR) is 109 cm³/mol. The number of hydrogen-bond donors (Lipinski definition) is 2. The molecule has 0 heterocycles. The zero-order valence-electron chi connectivity index (χ0n) is 15.9. The van der Waals surface area contributed by atoms with Crippen LogP contribution in [0.25, 0.3) is 0 Å². The number of amides is 2. The van der Waals surface area contributed by atoms with E-state index in [0.29, 0.717) is 35.8 Å². The summed E-state index contributed by atoms with van der Waals surface area (Å²) in [6.07, 6.45) is 3.75. The summed E-state index contributed by atoms with van der Waals surface area (Å²) in [6, 6.07) is 16.1. The monoisotopic (exact) mass is 411 g/mol. The number of nitrogens with one attached hydrogen (secondary N) is 2. The lowest BCUT2D eigenvalue weighted by molar-refractivity contribution is -0.130. The van der Waals surface area contributed by atoms with E-state index in [9.17, 15) is 14.9 Å². The number of rotatable bonds is 5. The number of halogens is 1. The van der Waals surface area contributed by atoms with Gasteiger partial charge in [-0.15, -0.1) is 0 Å². The Kier molecular flexibility index (Phi) is 6.73. The molecule has 0 bridgehead atoms. The molecule has 0 radical (unpaired) electrons. The quantitative estimate of drug-likeness (QED) is 0.723. The van der Waals surface area contributed by atoms with Crippen molar-refractivity contribution in [3.05, 3.63) is 64.7 Å². The van der Waals surface area contributed by atoms with E-state index in [-0.39, 0.29) is 0 Å². The molecule has 1 aliphatic rings. The average molecular weight is 412 g/mol. The third-order valence-electron chi connectivity index (χ3n) is 5.08. The van der Waals surface area contributed by atoms with Crippen molar-refractivity contribution in [1.82, 2.24) is 10.9 Å². The molecule has 2 aromatic carbocycles. The number of carbonyl (C=O) groups is 2. The number of nitriles is 1. The molecule has 0 unspecified atom stereocenters. The van der Waals surface area contributed by atoms with Gasteiger partial charge in [0.2, 0.25) is 0 Å². The van der Waals surface area contributed by atoms with Crippen LogP contribution < -0.4 is 15.6 Å². The lowest BCUT2D eigenvalue weighted by Gasteiger charge is -2.29. The molecule has 150 valence electrons. The summed E-state index contributed by atoms with van der Waals surface area (Å²) in [5, 5.41) is 10.1. The van der Waals surface area contributed by atoms with Gasteiger partial charge in [0.05, 0.1) is 6.07 Å². The van der Waals surface area contributed by atoms with Crippen LogP contribution in [-0.4, -0.2) is 11.8 Å². The molecule has 6 nitrogen and oxygen atoms in total. The Labute approximate surface area is 174 Å². The van der Waals surface area contributed by atoms with E-state index in [1.54, 1.807) is 48.5 Å². The largest absolute Gasteiger partial charge is 0.489 e. The summed E-state index contributed by atoms with van der Waals surface area (Å²) in [5.41, 5.74) is 5.06. The van der Waals surface area contributed by atoms with Crippen LogP contribution in [0.3, 0.4) is 0 Å². The molecule has 0 aliphatic heterocycles. The number of benzene rings is 2. The molecule has 2 aromatic rings. The molecule has 1 aliphatic carbocycles. The third kappa shape index (κ3) is 5.27. The highest BCUT2D eigenvalue weighted by Crippen LogP contribution is 2.35. The fraction of sp³-hybridized carbons (Fsp3) is 0.318. The van der Waals surface area contributed by atoms with Gasteiger partial charge in [-0.1, -0.05) is 43.0 Å². The van der Waals surface area contributed by atoms with Crippen LogP contribution in [-0.2, 0) is 11.4 Å². The van der Waals surface area contributed by atoms with Crippen molar-refractivity contribution >= 4 is 23.4 Å². The molecule has 1 fully saturated rings. The summed E-state index contributed by atoms with van der Waals surface area (Å²) >= 11 is 5.85. The van der Waals surface area contributed by atoms with Crippen LogP contribution in [0.5, 0.6) is 5.75 Å². The second-order valence-electron chi connectivity index (χ2n) is 7.10. The van der Waals surface area contributed by atoms with E-state index in [1.165, 1.54) is 0 Å². The van der Waals surface area contributed by atoms with Gasteiger partial charge >= 0.3 is 0 Å². The Morgan fingerprint density at radius 3 is 2.28 bits per heavy atom. The van der Waals surface area contributed by atoms with Gasteiger partial charge in [-0.2, -0.15) is 5.26 Å². The summed E-state index contributed by atoms with van der Waals surface area (Å²) in [4.78, 5) is 24.7. The van der Waals surface area contributed by atoms with Gasteiger partial charge in [-0.25, -0.2) is 0 Å². The lowest BCUT2D eigenvalue weighted by atomic mass is 9.75. The molecular weight excluding hydrogens is 390 g/mol. The maximum atomic E-state index is 12.4. The van der Waals surface area contributed by atoms with Gasteiger partial charge in [0.25, 0.3) is 11.8 Å². The summed E-state index contributed by atoms with van der Waals surface area (Å²) in [7, 11) is 0. The van der Waals surface area contributed by atoms with Gasteiger partial charge in [-0.05, 0) is 54.8 Å². The first-order chi connectivity index (χ1) is 14.0. The predicted octanol–water partition coefficient (Wildman–Crippen LogP) is 4.15. The smallest absolute Gasteiger partial charge is 0.269 e. The Hall–Kier alpha value is -3.04. The highest BCUT2D eigenvalue weighted by molar-refractivity contribution is 6.30. The molecule has 0 aromatic heterocycles. The number of hydrazine groups is 1. The van der Waals surface area contributed by atoms with E-state index >= 15 is 0 Å². The summed E-state index contributed by atoms with van der Waals surface area (Å²) < 4.78 is 5.67. The molecule has 7 heteroatoms. The standard InChI is InChI=1S/C22H22ClN3O3/c23-18-8-10-19(11-9-18)29-14-16-4-6-17(7-5-16)20(27)25-26-21(28)22(15-24)12-2-1-3-13-22/h4-11H,1-3,12-14H2,(H,25,27)(H,26,28). The number of nitrogens with zero attached hydrogens (tertiary/aromatic N) is 1. The van der Waals surface area contributed by atoms with Gasteiger partial charge in [-0.3, -0.25) is 20.4 Å². The lowest BCUT2D eigenvalue weighted by Crippen LogP contribution is -2.49. The molecular formula is C22H22ClN3O3. The second-order valence-corrected chi connectivity index (χ2v) is 7.54. The molecule has 0 atom stereocenters. The van der Waals surface area contributed by atoms with E-state index in [4.69, 9.17) is 16.3 Å². The first-order valence-corrected chi connectivity index (χ1v) is 9.89. The Morgan fingerprint density at radius 2 is 1.66 bits per heavy atom. The first kappa shape index (κ1) is 20.7. The van der Waals surface area contributed by atoms with E-state index in [2.05, 4.69) is 16.9 Å².